The Labute approximate surface area is 204 Å². The topological polar surface area (TPSA) is 125 Å². The lowest BCUT2D eigenvalue weighted by Gasteiger charge is -2.31. The van der Waals surface area contributed by atoms with E-state index < -0.39 is 36.0 Å². The zero-order valence-corrected chi connectivity index (χ0v) is 19.8. The summed E-state index contributed by atoms with van der Waals surface area (Å²) in [5, 5.41) is 24.2. The summed E-state index contributed by atoms with van der Waals surface area (Å²) in [6.07, 6.45) is 1.38. The van der Waals surface area contributed by atoms with Gasteiger partial charge in [0.1, 0.15) is 6.61 Å². The molecule has 2 aromatic rings. The largest absolute Gasteiger partial charge is 0.480 e. The van der Waals surface area contributed by atoms with Gasteiger partial charge >= 0.3 is 12.1 Å². The average molecular weight is 481 g/mol. The van der Waals surface area contributed by atoms with Gasteiger partial charge in [-0.2, -0.15) is 0 Å². The normalized spacial score (nSPS) is 20.7. The van der Waals surface area contributed by atoms with Gasteiger partial charge in [-0.1, -0.05) is 61.4 Å². The number of alkyl carbamates (subject to hydrolysis) is 1. The molecule has 0 heterocycles. The van der Waals surface area contributed by atoms with Gasteiger partial charge in [-0.15, -0.1) is 0 Å². The number of nitrogens with one attached hydrogen (secondary N) is 2. The maximum absolute atomic E-state index is 12.8. The number of carbonyl (C=O) groups excluding carboxylic acids is 2. The van der Waals surface area contributed by atoms with E-state index in [2.05, 4.69) is 34.9 Å². The number of benzene rings is 2. The molecular weight excluding hydrogens is 448 g/mol. The lowest BCUT2D eigenvalue weighted by atomic mass is 9.78. The van der Waals surface area contributed by atoms with Crippen molar-refractivity contribution in [1.82, 2.24) is 10.6 Å². The minimum atomic E-state index is -1.36. The fourth-order valence-corrected chi connectivity index (χ4v) is 5.31. The minimum absolute atomic E-state index is 0.0326. The van der Waals surface area contributed by atoms with Gasteiger partial charge in [-0.3, -0.25) is 4.79 Å². The lowest BCUT2D eigenvalue weighted by Crippen LogP contribution is -2.51. The number of fused-ring (bicyclic) bond motifs is 3. The molecule has 0 aliphatic heterocycles. The molecule has 2 amide bonds. The summed E-state index contributed by atoms with van der Waals surface area (Å²) in [6.45, 7) is 1.81. The van der Waals surface area contributed by atoms with E-state index >= 15 is 0 Å². The molecule has 2 aliphatic carbocycles. The molecule has 35 heavy (non-hydrogen) atoms. The van der Waals surface area contributed by atoms with E-state index in [0.29, 0.717) is 6.42 Å². The van der Waals surface area contributed by atoms with Crippen molar-refractivity contribution >= 4 is 18.0 Å². The maximum atomic E-state index is 12.8. The van der Waals surface area contributed by atoms with Crippen LogP contribution in [0.15, 0.2) is 48.5 Å². The third kappa shape index (κ3) is 5.48. The summed E-state index contributed by atoms with van der Waals surface area (Å²) < 4.78 is 5.59. The van der Waals surface area contributed by atoms with Gasteiger partial charge < -0.3 is 25.6 Å². The molecule has 186 valence electrons. The molecule has 4 N–H and O–H groups in total. The zero-order valence-electron chi connectivity index (χ0n) is 19.8. The number of aliphatic carboxylic acids is 1. The molecule has 0 saturated heterocycles. The molecule has 8 heteroatoms. The van der Waals surface area contributed by atoms with Crippen molar-refractivity contribution in [1.29, 1.82) is 0 Å². The Morgan fingerprint density at radius 3 is 2.20 bits per heavy atom. The van der Waals surface area contributed by atoms with Crippen LogP contribution in [0.25, 0.3) is 11.1 Å². The number of carboxylic acid groups (broad SMARTS) is 1. The van der Waals surface area contributed by atoms with Crippen LogP contribution >= 0.6 is 0 Å². The molecule has 0 aromatic heterocycles. The van der Waals surface area contributed by atoms with Crippen LogP contribution < -0.4 is 10.6 Å². The predicted octanol–water partition coefficient (Wildman–Crippen LogP) is 3.28. The zero-order chi connectivity index (χ0) is 24.9. The molecule has 1 fully saturated rings. The first-order valence-electron chi connectivity index (χ1n) is 12.2. The second-order valence-electron chi connectivity index (χ2n) is 9.42. The highest BCUT2D eigenvalue weighted by Gasteiger charge is 2.35. The Morgan fingerprint density at radius 1 is 1.00 bits per heavy atom. The van der Waals surface area contributed by atoms with E-state index in [1.807, 2.05) is 24.3 Å². The molecule has 0 unspecified atom stereocenters. The Balaban J connectivity index is 1.33. The van der Waals surface area contributed by atoms with E-state index in [-0.39, 0.29) is 25.0 Å². The van der Waals surface area contributed by atoms with Gasteiger partial charge in [0, 0.05) is 18.4 Å². The van der Waals surface area contributed by atoms with Crippen molar-refractivity contribution in [3.8, 4) is 11.1 Å². The Hall–Kier alpha value is -3.39. The molecule has 1 saturated carbocycles. The number of carboxylic acids is 1. The number of hydrogen-bond donors (Lipinski definition) is 4. The number of amides is 2. The smallest absolute Gasteiger partial charge is 0.407 e. The molecule has 4 atom stereocenters. The Bertz CT molecular complexity index is 1040. The van der Waals surface area contributed by atoms with E-state index in [4.69, 9.17) is 4.74 Å². The quantitative estimate of drug-likeness (QED) is 0.460. The minimum Gasteiger partial charge on any atom is -0.480 e. The summed E-state index contributed by atoms with van der Waals surface area (Å²) >= 11 is 0. The second-order valence-corrected chi connectivity index (χ2v) is 9.42. The third-order valence-electron chi connectivity index (χ3n) is 7.14. The molecule has 0 radical (unpaired) electrons. The molecule has 2 aliphatic rings. The number of rotatable bonds is 8. The summed E-state index contributed by atoms with van der Waals surface area (Å²) in [6, 6.07) is 14.9. The highest BCUT2D eigenvalue weighted by Crippen LogP contribution is 2.44. The number of ether oxygens (including phenoxy) is 1. The summed E-state index contributed by atoms with van der Waals surface area (Å²) in [4.78, 5) is 36.7. The van der Waals surface area contributed by atoms with E-state index in [9.17, 15) is 24.6 Å². The van der Waals surface area contributed by atoms with Gasteiger partial charge in [0.2, 0.25) is 5.91 Å². The van der Waals surface area contributed by atoms with Crippen LogP contribution in [0.2, 0.25) is 0 Å². The van der Waals surface area contributed by atoms with Crippen LogP contribution in [0.5, 0.6) is 0 Å². The number of carbonyl (C=O) groups is 3. The van der Waals surface area contributed by atoms with Crippen LogP contribution in [0.3, 0.4) is 0 Å². The molecule has 0 spiro atoms. The summed E-state index contributed by atoms with van der Waals surface area (Å²) in [5.41, 5.74) is 4.59. The highest BCUT2D eigenvalue weighted by atomic mass is 16.5. The van der Waals surface area contributed by atoms with Gasteiger partial charge in [0.05, 0.1) is 6.10 Å². The maximum Gasteiger partial charge on any atom is 0.407 e. The fourth-order valence-electron chi connectivity index (χ4n) is 5.31. The number of hydrogen-bond acceptors (Lipinski definition) is 5. The fraction of sp³-hybridized carbons (Fsp3) is 0.444. The standard InChI is InChI=1S/C27H32N2O6/c1-16(30)24(26(32)33)29-25(31)18-9-3-2-8-17(18)14-28-27(34)35-15-23-21-12-6-4-10-19(21)20-11-5-7-13-22(20)23/h4-7,10-13,16-18,23-24,30H,2-3,8-9,14-15H2,1H3,(H,28,34)(H,29,31)(H,32,33)/t16-,17-,18-,24+/m1/s1. The van der Waals surface area contributed by atoms with Crippen molar-refractivity contribution in [2.24, 2.45) is 11.8 Å². The van der Waals surface area contributed by atoms with Crippen LogP contribution in [-0.2, 0) is 14.3 Å². The molecule has 4 rings (SSSR count). The molecular formula is C27H32N2O6. The summed E-state index contributed by atoms with van der Waals surface area (Å²) in [5.74, 6) is -2.28. The first-order valence-corrected chi connectivity index (χ1v) is 12.2. The van der Waals surface area contributed by atoms with Crippen LogP contribution in [0, 0.1) is 11.8 Å². The van der Waals surface area contributed by atoms with E-state index in [0.717, 1.165) is 41.5 Å². The monoisotopic (exact) mass is 480 g/mol. The van der Waals surface area contributed by atoms with Crippen molar-refractivity contribution in [2.75, 3.05) is 13.2 Å². The molecule has 2 aromatic carbocycles. The van der Waals surface area contributed by atoms with E-state index in [1.54, 1.807) is 0 Å². The SMILES string of the molecule is C[C@@H](O)[C@H](NC(=O)[C@@H]1CCCC[C@@H]1CNC(=O)OCC1c2ccccc2-c2ccccc21)C(=O)O. The highest BCUT2D eigenvalue weighted by molar-refractivity contribution is 5.85. The van der Waals surface area contributed by atoms with E-state index in [1.165, 1.54) is 6.92 Å². The lowest BCUT2D eigenvalue weighted by molar-refractivity contribution is -0.146. The van der Waals surface area contributed by atoms with Gasteiger partial charge in [-0.05, 0) is 47.9 Å². The Morgan fingerprint density at radius 2 is 1.60 bits per heavy atom. The van der Waals surface area contributed by atoms with Crippen LogP contribution in [0.4, 0.5) is 4.79 Å². The average Bonchev–Trinajstić information content (AvgIpc) is 3.18. The van der Waals surface area contributed by atoms with Gasteiger partial charge in [0.15, 0.2) is 6.04 Å². The first kappa shape index (κ1) is 24.7. The van der Waals surface area contributed by atoms with Crippen LogP contribution in [0.1, 0.15) is 49.7 Å². The van der Waals surface area contributed by atoms with Crippen molar-refractivity contribution in [3.05, 3.63) is 59.7 Å². The Kier molecular flexibility index (Phi) is 7.70. The second kappa shape index (κ2) is 10.9. The predicted molar refractivity (Wildman–Crippen MR) is 130 cm³/mol. The van der Waals surface area contributed by atoms with Crippen molar-refractivity contribution in [3.63, 3.8) is 0 Å². The van der Waals surface area contributed by atoms with Gasteiger partial charge in [0.25, 0.3) is 0 Å². The molecule has 8 nitrogen and oxygen atoms in total. The third-order valence-corrected chi connectivity index (χ3v) is 7.14. The van der Waals surface area contributed by atoms with Crippen molar-refractivity contribution in [2.45, 2.75) is 50.7 Å². The molecule has 0 bridgehead atoms. The first-order chi connectivity index (χ1) is 16.9. The number of aliphatic hydroxyl groups excluding tert-OH is 1. The van der Waals surface area contributed by atoms with Crippen LogP contribution in [-0.4, -0.2) is 53.5 Å². The number of aliphatic hydroxyl groups is 1. The van der Waals surface area contributed by atoms with Crippen molar-refractivity contribution < 1.29 is 29.3 Å². The summed E-state index contributed by atoms with van der Waals surface area (Å²) in [7, 11) is 0. The van der Waals surface area contributed by atoms with Gasteiger partial charge in [-0.25, -0.2) is 9.59 Å².